The predicted molar refractivity (Wildman–Crippen MR) is 94.0 cm³/mol. The fourth-order valence-corrected chi connectivity index (χ4v) is 3.64. The van der Waals surface area contributed by atoms with E-state index in [-0.39, 0.29) is 12.1 Å². The molecule has 1 N–H and O–H groups in total. The van der Waals surface area contributed by atoms with Crippen LogP contribution >= 0.6 is 11.6 Å². The van der Waals surface area contributed by atoms with Gasteiger partial charge in [-0.2, -0.15) is 0 Å². The second kappa shape index (κ2) is 7.10. The van der Waals surface area contributed by atoms with Crippen LogP contribution in [0.4, 0.5) is 4.79 Å². The molecule has 1 aliphatic carbocycles. The normalized spacial score (nSPS) is 25.2. The van der Waals surface area contributed by atoms with Gasteiger partial charge in [-0.05, 0) is 63.0 Å². The summed E-state index contributed by atoms with van der Waals surface area (Å²) >= 11 is 6.04. The summed E-state index contributed by atoms with van der Waals surface area (Å²) < 4.78 is 0. The van der Waals surface area contributed by atoms with E-state index in [4.69, 9.17) is 11.6 Å². The van der Waals surface area contributed by atoms with Gasteiger partial charge >= 0.3 is 6.03 Å². The molecule has 23 heavy (non-hydrogen) atoms. The van der Waals surface area contributed by atoms with Crippen LogP contribution in [-0.4, -0.2) is 55.6 Å². The third-order valence-corrected chi connectivity index (χ3v) is 5.33. The van der Waals surface area contributed by atoms with Gasteiger partial charge in [0.2, 0.25) is 0 Å². The van der Waals surface area contributed by atoms with Gasteiger partial charge in [0.15, 0.2) is 0 Å². The van der Waals surface area contributed by atoms with E-state index in [1.54, 1.807) is 0 Å². The molecular weight excluding hydrogens is 310 g/mol. The number of hydrogen-bond acceptors (Lipinski definition) is 2. The highest BCUT2D eigenvalue weighted by atomic mass is 35.5. The first-order valence-corrected chi connectivity index (χ1v) is 8.86. The summed E-state index contributed by atoms with van der Waals surface area (Å²) in [6.07, 6.45) is 3.37. The number of halogens is 1. The number of hydrogen-bond donors (Lipinski definition) is 1. The molecule has 1 saturated heterocycles. The van der Waals surface area contributed by atoms with Gasteiger partial charge in [-0.3, -0.25) is 0 Å². The Hall–Kier alpha value is -1.26. The summed E-state index contributed by atoms with van der Waals surface area (Å²) in [5.74, 6) is 1.04. The van der Waals surface area contributed by atoms with E-state index in [1.807, 2.05) is 30.1 Å². The molecule has 126 valence electrons. The van der Waals surface area contributed by atoms with Crippen molar-refractivity contribution in [2.75, 3.05) is 33.7 Å². The number of amides is 2. The van der Waals surface area contributed by atoms with E-state index in [1.165, 1.54) is 18.4 Å². The summed E-state index contributed by atoms with van der Waals surface area (Å²) in [6.45, 7) is 3.13. The summed E-state index contributed by atoms with van der Waals surface area (Å²) in [6, 6.07) is 8.25. The van der Waals surface area contributed by atoms with E-state index in [0.717, 1.165) is 31.1 Å². The number of carbonyl (C=O) groups is 1. The number of nitrogens with zero attached hydrogens (tertiary/aromatic N) is 2. The maximum absolute atomic E-state index is 12.4. The topological polar surface area (TPSA) is 35.6 Å². The number of likely N-dealkylation sites (tertiary alicyclic amines) is 1. The third kappa shape index (κ3) is 4.39. The van der Waals surface area contributed by atoms with Crippen molar-refractivity contribution in [2.45, 2.75) is 31.2 Å². The molecule has 0 spiro atoms. The zero-order valence-corrected chi connectivity index (χ0v) is 14.7. The van der Waals surface area contributed by atoms with E-state index < -0.39 is 0 Å². The highest BCUT2D eigenvalue weighted by Crippen LogP contribution is 2.41. The van der Waals surface area contributed by atoms with Gasteiger partial charge in [0.05, 0.1) is 0 Å². The van der Waals surface area contributed by atoms with Crippen LogP contribution in [0.1, 0.15) is 30.7 Å². The molecule has 2 atom stereocenters. The van der Waals surface area contributed by atoms with Crippen LogP contribution in [0.25, 0.3) is 0 Å². The second-order valence-corrected chi connectivity index (χ2v) is 7.52. The SMILES string of the molecule is CN1CCC(CN(C)C(=O)N[C@@H]2C[C@H]2c2cccc(Cl)c2)CC1. The first-order chi connectivity index (χ1) is 11.0. The highest BCUT2D eigenvalue weighted by Gasteiger charge is 2.40. The van der Waals surface area contributed by atoms with Crippen molar-refractivity contribution in [1.82, 2.24) is 15.1 Å². The fourth-order valence-electron chi connectivity index (χ4n) is 3.44. The van der Waals surface area contributed by atoms with E-state index in [2.05, 4.69) is 23.3 Å². The van der Waals surface area contributed by atoms with E-state index in [0.29, 0.717) is 11.8 Å². The van der Waals surface area contributed by atoms with Gasteiger partial charge in [0.25, 0.3) is 0 Å². The lowest BCUT2D eigenvalue weighted by Gasteiger charge is -2.31. The fraction of sp³-hybridized carbons (Fsp3) is 0.611. The van der Waals surface area contributed by atoms with Crippen molar-refractivity contribution in [1.29, 1.82) is 0 Å². The standard InChI is InChI=1S/C18H26ClN3O/c1-21-8-6-13(7-9-21)12-22(2)18(23)20-17-11-16(17)14-4-3-5-15(19)10-14/h3-5,10,13,16-17H,6-9,11-12H2,1-2H3,(H,20,23)/t16-,17+/m0/s1. The lowest BCUT2D eigenvalue weighted by atomic mass is 9.97. The smallest absolute Gasteiger partial charge is 0.317 e. The first kappa shape index (κ1) is 16.6. The Kier molecular flexibility index (Phi) is 5.12. The maximum Gasteiger partial charge on any atom is 0.317 e. The van der Waals surface area contributed by atoms with Crippen LogP contribution in [0, 0.1) is 5.92 Å². The van der Waals surface area contributed by atoms with Crippen molar-refractivity contribution < 1.29 is 4.79 Å². The van der Waals surface area contributed by atoms with Crippen molar-refractivity contribution in [2.24, 2.45) is 5.92 Å². The number of nitrogens with one attached hydrogen (secondary N) is 1. The highest BCUT2D eigenvalue weighted by molar-refractivity contribution is 6.30. The Morgan fingerprint density at radius 3 is 2.83 bits per heavy atom. The second-order valence-electron chi connectivity index (χ2n) is 7.08. The molecule has 2 aliphatic rings. The van der Waals surface area contributed by atoms with Gasteiger partial charge in [-0.25, -0.2) is 4.79 Å². The molecule has 1 aliphatic heterocycles. The molecule has 3 rings (SSSR count). The maximum atomic E-state index is 12.4. The average molecular weight is 336 g/mol. The van der Waals surface area contributed by atoms with Crippen LogP contribution in [0.2, 0.25) is 5.02 Å². The molecule has 1 heterocycles. The lowest BCUT2D eigenvalue weighted by Crippen LogP contribution is -2.43. The molecule has 1 aromatic rings. The largest absolute Gasteiger partial charge is 0.335 e. The minimum Gasteiger partial charge on any atom is -0.335 e. The van der Waals surface area contributed by atoms with Crippen LogP contribution in [0.5, 0.6) is 0 Å². The molecular formula is C18H26ClN3O. The van der Waals surface area contributed by atoms with Crippen LogP contribution in [-0.2, 0) is 0 Å². The van der Waals surface area contributed by atoms with Crippen LogP contribution < -0.4 is 5.32 Å². The van der Waals surface area contributed by atoms with Crippen LogP contribution in [0.15, 0.2) is 24.3 Å². The number of rotatable bonds is 4. The van der Waals surface area contributed by atoms with Gasteiger partial charge in [-0.1, -0.05) is 23.7 Å². The van der Waals surface area contributed by atoms with Gasteiger partial charge in [-0.15, -0.1) is 0 Å². The summed E-state index contributed by atoms with van der Waals surface area (Å²) in [5, 5.41) is 3.92. The molecule has 0 radical (unpaired) electrons. The molecule has 0 bridgehead atoms. The monoisotopic (exact) mass is 335 g/mol. The lowest BCUT2D eigenvalue weighted by molar-refractivity contribution is 0.170. The summed E-state index contributed by atoms with van der Waals surface area (Å²) in [4.78, 5) is 16.6. The zero-order valence-electron chi connectivity index (χ0n) is 14.0. The Labute approximate surface area is 143 Å². The Morgan fingerprint density at radius 1 is 1.39 bits per heavy atom. The molecule has 2 amide bonds. The van der Waals surface area contributed by atoms with Crippen molar-refractivity contribution in [3.05, 3.63) is 34.9 Å². The Balaban J connectivity index is 1.44. The van der Waals surface area contributed by atoms with Crippen molar-refractivity contribution in [3.8, 4) is 0 Å². The minimum atomic E-state index is 0.0541. The number of benzene rings is 1. The number of carbonyl (C=O) groups excluding carboxylic acids is 1. The van der Waals surface area contributed by atoms with Gasteiger partial charge < -0.3 is 15.1 Å². The summed E-state index contributed by atoms with van der Waals surface area (Å²) in [7, 11) is 4.07. The molecule has 4 nitrogen and oxygen atoms in total. The van der Waals surface area contributed by atoms with Gasteiger partial charge in [0, 0.05) is 30.6 Å². The third-order valence-electron chi connectivity index (χ3n) is 5.09. The average Bonchev–Trinajstić information content (AvgIpc) is 3.28. The molecule has 0 unspecified atom stereocenters. The minimum absolute atomic E-state index is 0.0541. The molecule has 2 fully saturated rings. The zero-order chi connectivity index (χ0) is 16.4. The quantitative estimate of drug-likeness (QED) is 0.917. The summed E-state index contributed by atoms with van der Waals surface area (Å²) in [5.41, 5.74) is 1.22. The number of piperidine rings is 1. The first-order valence-electron chi connectivity index (χ1n) is 8.48. The molecule has 0 aromatic heterocycles. The molecule has 1 saturated carbocycles. The molecule has 5 heteroatoms. The van der Waals surface area contributed by atoms with Crippen molar-refractivity contribution in [3.63, 3.8) is 0 Å². The predicted octanol–water partition coefficient (Wildman–Crippen LogP) is 3.18. The molecule has 1 aromatic carbocycles. The Bertz CT molecular complexity index is 557. The Morgan fingerprint density at radius 2 is 2.13 bits per heavy atom. The van der Waals surface area contributed by atoms with Crippen LogP contribution in [0.3, 0.4) is 0 Å². The number of urea groups is 1. The van der Waals surface area contributed by atoms with Crippen molar-refractivity contribution >= 4 is 17.6 Å². The van der Waals surface area contributed by atoms with Gasteiger partial charge in [0.1, 0.15) is 0 Å². The van der Waals surface area contributed by atoms with E-state index >= 15 is 0 Å². The van der Waals surface area contributed by atoms with E-state index in [9.17, 15) is 4.79 Å².